The molecule has 0 aromatic heterocycles. The lowest BCUT2D eigenvalue weighted by atomic mass is 10.1. The third-order valence-corrected chi connectivity index (χ3v) is 4.29. The Bertz CT molecular complexity index is 488. The van der Waals surface area contributed by atoms with Crippen molar-refractivity contribution in [2.75, 3.05) is 23.4 Å². The quantitative estimate of drug-likeness (QED) is 0.919. The van der Waals surface area contributed by atoms with Crippen LogP contribution in [0.2, 0.25) is 0 Å². The number of halogens is 3. The number of nitrogens with zero attached hydrogens (tertiary/aromatic N) is 1. The second-order valence-electron chi connectivity index (χ2n) is 4.48. The van der Waals surface area contributed by atoms with Gasteiger partial charge < -0.3 is 5.32 Å². The van der Waals surface area contributed by atoms with Gasteiger partial charge in [-0.05, 0) is 42.0 Å². The molecule has 0 radical (unpaired) electrons. The highest BCUT2D eigenvalue weighted by molar-refractivity contribution is 7.99. The van der Waals surface area contributed by atoms with Crippen molar-refractivity contribution >= 4 is 17.4 Å². The summed E-state index contributed by atoms with van der Waals surface area (Å²) in [6.07, 6.45) is -3.41. The first kappa shape index (κ1) is 14.1. The lowest BCUT2D eigenvalue weighted by molar-refractivity contribution is -0.137. The highest BCUT2D eigenvalue weighted by Crippen LogP contribution is 2.36. The summed E-state index contributed by atoms with van der Waals surface area (Å²) in [5.74, 6) is 2.48. The van der Waals surface area contributed by atoms with Gasteiger partial charge in [-0.2, -0.15) is 30.2 Å². The molecular formula is C13H13F3N2S. The van der Waals surface area contributed by atoms with Gasteiger partial charge in [0.25, 0.3) is 0 Å². The average Bonchev–Trinajstić information content (AvgIpc) is 2.88. The highest BCUT2D eigenvalue weighted by Gasteiger charge is 2.34. The molecule has 1 aromatic rings. The van der Waals surface area contributed by atoms with Crippen LogP contribution in [0.4, 0.5) is 18.9 Å². The second kappa shape index (κ2) is 5.74. The van der Waals surface area contributed by atoms with E-state index in [9.17, 15) is 13.2 Å². The van der Waals surface area contributed by atoms with E-state index in [1.165, 1.54) is 12.1 Å². The van der Waals surface area contributed by atoms with Gasteiger partial charge in [0.1, 0.15) is 0 Å². The van der Waals surface area contributed by atoms with Gasteiger partial charge in [0.2, 0.25) is 0 Å². The highest BCUT2D eigenvalue weighted by atomic mass is 32.2. The zero-order valence-electron chi connectivity index (χ0n) is 10.1. The fraction of sp³-hybridized carbons (Fsp3) is 0.462. The fourth-order valence-electron chi connectivity index (χ4n) is 2.00. The molecule has 1 unspecified atom stereocenters. The van der Waals surface area contributed by atoms with Crippen LogP contribution in [0.15, 0.2) is 18.2 Å². The molecule has 1 saturated heterocycles. The van der Waals surface area contributed by atoms with E-state index in [1.807, 2.05) is 11.8 Å². The minimum Gasteiger partial charge on any atom is -0.384 e. The van der Waals surface area contributed by atoms with Crippen molar-refractivity contribution in [3.05, 3.63) is 29.3 Å². The Morgan fingerprint density at radius 1 is 1.42 bits per heavy atom. The van der Waals surface area contributed by atoms with Crippen LogP contribution in [0.5, 0.6) is 0 Å². The predicted octanol–water partition coefficient (Wildman–Crippen LogP) is 3.74. The van der Waals surface area contributed by atoms with Gasteiger partial charge >= 0.3 is 6.18 Å². The first-order chi connectivity index (χ1) is 9.00. The largest absolute Gasteiger partial charge is 0.418 e. The van der Waals surface area contributed by atoms with E-state index in [0.29, 0.717) is 12.5 Å². The molecule has 2 nitrogen and oxygen atoms in total. The smallest absolute Gasteiger partial charge is 0.384 e. The molecule has 1 aliphatic heterocycles. The number of hydrogen-bond acceptors (Lipinski definition) is 3. The second-order valence-corrected chi connectivity index (χ2v) is 5.63. The Balaban J connectivity index is 2.16. The maximum absolute atomic E-state index is 12.9. The first-order valence-corrected chi connectivity index (χ1v) is 7.09. The molecule has 1 fully saturated rings. The Kier molecular flexibility index (Phi) is 4.25. The molecule has 0 amide bonds. The van der Waals surface area contributed by atoms with Crippen LogP contribution >= 0.6 is 11.8 Å². The summed E-state index contributed by atoms with van der Waals surface area (Å²) in [5.41, 5.74) is -0.685. The number of nitrogens with one attached hydrogen (secondary N) is 1. The minimum absolute atomic E-state index is 0.0225. The standard InChI is InChI=1S/C13H13F3N2S/c14-13(15,16)11-5-9(6-17)1-2-12(11)18-7-10-3-4-19-8-10/h1-2,5,10,18H,3-4,7-8H2. The van der Waals surface area contributed by atoms with Crippen molar-refractivity contribution in [2.24, 2.45) is 5.92 Å². The van der Waals surface area contributed by atoms with Crippen LogP contribution in [0.25, 0.3) is 0 Å². The van der Waals surface area contributed by atoms with Crippen LogP contribution in [-0.4, -0.2) is 18.1 Å². The number of benzene rings is 1. The van der Waals surface area contributed by atoms with Crippen molar-refractivity contribution in [1.29, 1.82) is 5.26 Å². The third kappa shape index (κ3) is 3.57. The number of thioether (sulfide) groups is 1. The third-order valence-electron chi connectivity index (χ3n) is 3.06. The molecule has 0 saturated carbocycles. The molecule has 0 spiro atoms. The number of hydrogen-bond donors (Lipinski definition) is 1. The van der Waals surface area contributed by atoms with Gasteiger partial charge in [-0.15, -0.1) is 0 Å². The molecule has 1 heterocycles. The topological polar surface area (TPSA) is 35.8 Å². The molecular weight excluding hydrogens is 273 g/mol. The van der Waals surface area contributed by atoms with Crippen LogP contribution in [0.3, 0.4) is 0 Å². The summed E-state index contributed by atoms with van der Waals surface area (Å²) >= 11 is 1.83. The summed E-state index contributed by atoms with van der Waals surface area (Å²) in [7, 11) is 0. The van der Waals surface area contributed by atoms with Gasteiger partial charge in [0, 0.05) is 12.2 Å². The van der Waals surface area contributed by atoms with Crippen molar-refractivity contribution in [3.8, 4) is 6.07 Å². The normalized spacial score (nSPS) is 19.2. The summed E-state index contributed by atoms with van der Waals surface area (Å²) in [6, 6.07) is 5.37. The molecule has 19 heavy (non-hydrogen) atoms. The molecule has 2 rings (SSSR count). The van der Waals surface area contributed by atoms with Crippen LogP contribution in [0, 0.1) is 17.2 Å². The van der Waals surface area contributed by atoms with Gasteiger partial charge in [-0.1, -0.05) is 0 Å². The van der Waals surface area contributed by atoms with E-state index >= 15 is 0 Å². The Morgan fingerprint density at radius 3 is 2.79 bits per heavy atom. The molecule has 1 N–H and O–H groups in total. The van der Waals surface area contributed by atoms with E-state index in [0.717, 1.165) is 24.0 Å². The van der Waals surface area contributed by atoms with Gasteiger partial charge in [-0.25, -0.2) is 0 Å². The Morgan fingerprint density at radius 2 is 2.21 bits per heavy atom. The summed E-state index contributed by atoms with van der Waals surface area (Å²) in [4.78, 5) is 0. The molecule has 0 bridgehead atoms. The van der Waals surface area contributed by atoms with Crippen molar-refractivity contribution in [2.45, 2.75) is 12.6 Å². The van der Waals surface area contributed by atoms with E-state index < -0.39 is 11.7 Å². The SMILES string of the molecule is N#Cc1ccc(NCC2CCSC2)c(C(F)(F)F)c1. The first-order valence-electron chi connectivity index (χ1n) is 5.93. The Labute approximate surface area is 114 Å². The lowest BCUT2D eigenvalue weighted by Crippen LogP contribution is -2.17. The van der Waals surface area contributed by atoms with E-state index in [1.54, 1.807) is 6.07 Å². The van der Waals surface area contributed by atoms with Gasteiger partial charge in [0.15, 0.2) is 0 Å². The lowest BCUT2D eigenvalue weighted by Gasteiger charge is -2.17. The van der Waals surface area contributed by atoms with Crippen LogP contribution in [-0.2, 0) is 6.18 Å². The minimum atomic E-state index is -4.44. The van der Waals surface area contributed by atoms with Crippen LogP contribution in [0.1, 0.15) is 17.5 Å². The fourth-order valence-corrected chi connectivity index (χ4v) is 3.29. The number of rotatable bonds is 3. The zero-order valence-corrected chi connectivity index (χ0v) is 10.9. The number of nitriles is 1. The maximum atomic E-state index is 12.9. The van der Waals surface area contributed by atoms with Crippen molar-refractivity contribution < 1.29 is 13.2 Å². The summed E-state index contributed by atoms with van der Waals surface area (Å²) < 4.78 is 38.7. The molecule has 6 heteroatoms. The Hall–Kier alpha value is -1.35. The predicted molar refractivity (Wildman–Crippen MR) is 70.1 cm³/mol. The maximum Gasteiger partial charge on any atom is 0.418 e. The summed E-state index contributed by atoms with van der Waals surface area (Å²) in [5, 5.41) is 11.6. The molecule has 1 aliphatic rings. The molecule has 1 atom stereocenters. The monoisotopic (exact) mass is 286 g/mol. The summed E-state index contributed by atoms with van der Waals surface area (Å²) in [6.45, 7) is 0.544. The number of anilines is 1. The number of alkyl halides is 3. The zero-order chi connectivity index (χ0) is 13.9. The average molecular weight is 286 g/mol. The molecule has 102 valence electrons. The molecule has 1 aromatic carbocycles. The van der Waals surface area contributed by atoms with Crippen LogP contribution < -0.4 is 5.32 Å². The van der Waals surface area contributed by atoms with Crippen molar-refractivity contribution in [1.82, 2.24) is 0 Å². The van der Waals surface area contributed by atoms with E-state index in [-0.39, 0.29) is 11.3 Å². The van der Waals surface area contributed by atoms with Crippen molar-refractivity contribution in [3.63, 3.8) is 0 Å². The van der Waals surface area contributed by atoms with Gasteiger partial charge in [-0.3, -0.25) is 0 Å². The van der Waals surface area contributed by atoms with E-state index in [4.69, 9.17) is 5.26 Å². The van der Waals surface area contributed by atoms with Gasteiger partial charge in [0.05, 0.1) is 17.2 Å². The van der Waals surface area contributed by atoms with E-state index in [2.05, 4.69) is 5.32 Å². The molecule has 0 aliphatic carbocycles.